The quantitative estimate of drug-likeness (QED) is 0.643. The van der Waals surface area contributed by atoms with Crippen molar-refractivity contribution in [3.05, 3.63) is 56.3 Å². The fourth-order valence-corrected chi connectivity index (χ4v) is 3.56. The Morgan fingerprint density at radius 1 is 1.00 bits per heavy atom. The first-order valence-corrected chi connectivity index (χ1v) is 7.30. The van der Waals surface area contributed by atoms with Crippen molar-refractivity contribution in [3.63, 3.8) is 0 Å². The lowest BCUT2D eigenvalue weighted by atomic mass is 10.1. The highest BCUT2D eigenvalue weighted by Crippen LogP contribution is 2.38. The van der Waals surface area contributed by atoms with E-state index in [0.717, 1.165) is 10.9 Å². The van der Waals surface area contributed by atoms with Gasteiger partial charge in [0.05, 0.1) is 4.83 Å². The Morgan fingerprint density at radius 2 is 1.67 bits per heavy atom. The molecule has 1 aromatic carbocycles. The third-order valence-corrected chi connectivity index (χ3v) is 5.49. The number of thiophene rings is 1. The zero-order valence-electron chi connectivity index (χ0n) is 10.4. The van der Waals surface area contributed by atoms with Gasteiger partial charge in [-0.3, -0.25) is 0 Å². The van der Waals surface area contributed by atoms with E-state index in [4.69, 9.17) is 0 Å². The van der Waals surface area contributed by atoms with Crippen LogP contribution in [-0.2, 0) is 0 Å². The molecular weight excluding hydrogens is 318 g/mol. The number of aryl methyl sites for hydroxylation is 3. The van der Waals surface area contributed by atoms with Crippen LogP contribution >= 0.6 is 27.3 Å². The van der Waals surface area contributed by atoms with Gasteiger partial charge < -0.3 is 0 Å². The highest BCUT2D eigenvalue weighted by molar-refractivity contribution is 9.09. The van der Waals surface area contributed by atoms with E-state index in [0.29, 0.717) is 11.1 Å². The molecule has 0 aliphatic heterocycles. The molecule has 0 nitrogen and oxygen atoms in total. The zero-order chi connectivity index (χ0) is 13.4. The Labute approximate surface area is 118 Å². The van der Waals surface area contributed by atoms with Gasteiger partial charge in [0.25, 0.3) is 0 Å². The Bertz CT molecular complexity index is 570. The predicted molar refractivity (Wildman–Crippen MR) is 75.7 cm³/mol. The van der Waals surface area contributed by atoms with Crippen LogP contribution in [0.1, 0.15) is 31.3 Å². The largest absolute Gasteiger partial charge is 0.207 e. The molecular formula is C14H13BrF2S. The first-order chi connectivity index (χ1) is 8.40. The van der Waals surface area contributed by atoms with E-state index in [2.05, 4.69) is 15.9 Å². The second kappa shape index (κ2) is 5.10. The molecule has 2 rings (SSSR count). The van der Waals surface area contributed by atoms with E-state index in [1.807, 2.05) is 19.9 Å². The van der Waals surface area contributed by atoms with E-state index in [-0.39, 0.29) is 4.83 Å². The summed E-state index contributed by atoms with van der Waals surface area (Å²) in [6.07, 6.45) is 0. The fourth-order valence-electron chi connectivity index (χ4n) is 1.75. The van der Waals surface area contributed by atoms with Gasteiger partial charge in [0.15, 0.2) is 0 Å². The summed E-state index contributed by atoms with van der Waals surface area (Å²) in [5, 5.41) is 0. The highest BCUT2D eigenvalue weighted by Gasteiger charge is 2.19. The minimum atomic E-state index is -0.510. The summed E-state index contributed by atoms with van der Waals surface area (Å²) in [4.78, 5) is 2.03. The standard InChI is InChI=1S/C14H13BrF2S/c1-7-5-13(18-9(7)3)14(15)10-4-8(2)11(16)6-12(10)17/h4-6,14H,1-3H3. The van der Waals surface area contributed by atoms with Crippen LogP contribution in [0, 0.1) is 32.4 Å². The lowest BCUT2D eigenvalue weighted by Gasteiger charge is -2.11. The molecule has 96 valence electrons. The van der Waals surface area contributed by atoms with Crippen LogP contribution < -0.4 is 0 Å². The highest BCUT2D eigenvalue weighted by atomic mass is 79.9. The predicted octanol–water partition coefficient (Wildman–Crippen LogP) is 5.44. The van der Waals surface area contributed by atoms with Crippen molar-refractivity contribution in [2.45, 2.75) is 25.6 Å². The summed E-state index contributed by atoms with van der Waals surface area (Å²) in [5.74, 6) is -1.02. The van der Waals surface area contributed by atoms with Crippen molar-refractivity contribution >= 4 is 27.3 Å². The zero-order valence-corrected chi connectivity index (χ0v) is 12.8. The minimum absolute atomic E-state index is 0.228. The molecule has 0 aliphatic rings. The molecule has 1 atom stereocenters. The van der Waals surface area contributed by atoms with Crippen molar-refractivity contribution < 1.29 is 8.78 Å². The minimum Gasteiger partial charge on any atom is -0.207 e. The maximum atomic E-state index is 13.8. The van der Waals surface area contributed by atoms with Crippen molar-refractivity contribution in [1.29, 1.82) is 0 Å². The van der Waals surface area contributed by atoms with Gasteiger partial charge >= 0.3 is 0 Å². The Morgan fingerprint density at radius 3 is 2.22 bits per heavy atom. The lowest BCUT2D eigenvalue weighted by molar-refractivity contribution is 0.569. The molecule has 0 saturated heterocycles. The second-order valence-electron chi connectivity index (χ2n) is 4.37. The molecule has 0 radical (unpaired) electrons. The molecule has 18 heavy (non-hydrogen) atoms. The molecule has 0 fully saturated rings. The molecule has 0 N–H and O–H groups in total. The van der Waals surface area contributed by atoms with Crippen molar-refractivity contribution in [2.24, 2.45) is 0 Å². The third-order valence-electron chi connectivity index (χ3n) is 2.99. The molecule has 0 bridgehead atoms. The van der Waals surface area contributed by atoms with Crippen LogP contribution in [0.25, 0.3) is 0 Å². The maximum absolute atomic E-state index is 13.8. The van der Waals surface area contributed by atoms with Crippen molar-refractivity contribution in [1.82, 2.24) is 0 Å². The van der Waals surface area contributed by atoms with Gasteiger partial charge in [-0.2, -0.15) is 0 Å². The van der Waals surface area contributed by atoms with Gasteiger partial charge in [-0.1, -0.05) is 15.9 Å². The molecule has 1 unspecified atom stereocenters. The normalized spacial score (nSPS) is 12.8. The summed E-state index contributed by atoms with van der Waals surface area (Å²) in [6, 6.07) is 4.55. The Kier molecular flexibility index (Phi) is 3.87. The molecule has 1 heterocycles. The number of hydrogen-bond acceptors (Lipinski definition) is 1. The van der Waals surface area contributed by atoms with Crippen LogP contribution in [0.15, 0.2) is 18.2 Å². The van der Waals surface area contributed by atoms with Gasteiger partial charge in [-0.25, -0.2) is 8.78 Å². The van der Waals surface area contributed by atoms with E-state index in [1.165, 1.54) is 10.4 Å². The van der Waals surface area contributed by atoms with Crippen LogP contribution in [0.4, 0.5) is 8.78 Å². The van der Waals surface area contributed by atoms with Gasteiger partial charge in [0.1, 0.15) is 11.6 Å². The van der Waals surface area contributed by atoms with Crippen molar-refractivity contribution in [2.75, 3.05) is 0 Å². The number of rotatable bonds is 2. The SMILES string of the molecule is Cc1cc(C(Br)c2cc(C)c(C)s2)c(F)cc1F. The van der Waals surface area contributed by atoms with Crippen LogP contribution in [-0.4, -0.2) is 0 Å². The number of hydrogen-bond donors (Lipinski definition) is 0. The smallest absolute Gasteiger partial charge is 0.130 e. The molecule has 2 aromatic rings. The average molecular weight is 331 g/mol. The first-order valence-electron chi connectivity index (χ1n) is 5.56. The summed E-state index contributed by atoms with van der Waals surface area (Å²) < 4.78 is 27.0. The molecule has 1 aromatic heterocycles. The van der Waals surface area contributed by atoms with Crippen LogP contribution in [0.5, 0.6) is 0 Å². The van der Waals surface area contributed by atoms with Gasteiger partial charge in [0, 0.05) is 21.4 Å². The summed E-state index contributed by atoms with van der Waals surface area (Å²) in [6.45, 7) is 5.71. The van der Waals surface area contributed by atoms with E-state index in [1.54, 1.807) is 24.3 Å². The number of halogens is 3. The topological polar surface area (TPSA) is 0 Å². The molecule has 0 saturated carbocycles. The Hall–Kier alpha value is -0.740. The van der Waals surface area contributed by atoms with Gasteiger partial charge in [0.2, 0.25) is 0 Å². The first kappa shape index (κ1) is 13.7. The van der Waals surface area contributed by atoms with E-state index >= 15 is 0 Å². The molecule has 4 heteroatoms. The monoisotopic (exact) mass is 330 g/mol. The summed E-state index contributed by atoms with van der Waals surface area (Å²) in [5.41, 5.74) is 2.13. The average Bonchev–Trinajstić information content (AvgIpc) is 2.63. The second-order valence-corrected chi connectivity index (χ2v) is 6.58. The van der Waals surface area contributed by atoms with Crippen LogP contribution in [0.3, 0.4) is 0 Å². The Balaban J connectivity index is 2.45. The number of alkyl halides is 1. The summed E-state index contributed by atoms with van der Waals surface area (Å²) in [7, 11) is 0. The molecule has 0 spiro atoms. The fraction of sp³-hybridized carbons (Fsp3) is 0.286. The van der Waals surface area contributed by atoms with E-state index in [9.17, 15) is 8.78 Å². The molecule has 0 amide bonds. The maximum Gasteiger partial charge on any atom is 0.130 e. The number of benzene rings is 1. The lowest BCUT2D eigenvalue weighted by Crippen LogP contribution is -1.97. The van der Waals surface area contributed by atoms with E-state index < -0.39 is 11.6 Å². The third kappa shape index (κ3) is 2.50. The van der Waals surface area contributed by atoms with Gasteiger partial charge in [-0.15, -0.1) is 11.3 Å². The molecule has 0 aliphatic carbocycles. The van der Waals surface area contributed by atoms with Gasteiger partial charge in [-0.05, 0) is 44.0 Å². The van der Waals surface area contributed by atoms with Crippen molar-refractivity contribution in [3.8, 4) is 0 Å². The van der Waals surface area contributed by atoms with Crippen LogP contribution in [0.2, 0.25) is 0 Å². The summed E-state index contributed by atoms with van der Waals surface area (Å²) >= 11 is 5.13.